The van der Waals surface area contributed by atoms with Gasteiger partial charge in [0.1, 0.15) is 5.75 Å². The van der Waals surface area contributed by atoms with E-state index in [1.165, 1.54) is 6.08 Å². The Labute approximate surface area is 71.3 Å². The average Bonchev–Trinajstić information content (AvgIpc) is 2.09. The molecular formula is C9H10N2O. The van der Waals surface area contributed by atoms with Gasteiger partial charge in [0.05, 0.1) is 6.54 Å². The first kappa shape index (κ1) is 8.62. The molecule has 0 unspecified atom stereocenters. The van der Waals surface area contributed by atoms with Crippen molar-refractivity contribution in [1.29, 1.82) is 0 Å². The van der Waals surface area contributed by atoms with Crippen LogP contribution in [0, 0.1) is 0 Å². The van der Waals surface area contributed by atoms with E-state index in [2.05, 4.69) is 0 Å². The molecule has 1 aromatic rings. The highest BCUT2D eigenvalue weighted by molar-refractivity contribution is 5.58. The third-order valence-electron chi connectivity index (χ3n) is 1.46. The van der Waals surface area contributed by atoms with Gasteiger partial charge in [-0.15, -0.1) is 0 Å². The summed E-state index contributed by atoms with van der Waals surface area (Å²) >= 11 is 0. The van der Waals surface area contributed by atoms with Gasteiger partial charge in [-0.1, -0.05) is 18.2 Å². The van der Waals surface area contributed by atoms with Gasteiger partial charge in [-0.05, 0) is 12.1 Å². The number of hydrogen-bond acceptors (Lipinski definition) is 1. The maximum absolute atomic E-state index is 9.27. The summed E-state index contributed by atoms with van der Waals surface area (Å²) in [5, 5.41) is 9.27. The molecule has 0 heterocycles. The molecule has 0 fully saturated rings. The van der Waals surface area contributed by atoms with Crippen molar-refractivity contribution in [3.8, 4) is 5.75 Å². The van der Waals surface area contributed by atoms with Crippen LogP contribution in [0.1, 0.15) is 5.56 Å². The van der Waals surface area contributed by atoms with Crippen LogP contribution in [0.2, 0.25) is 0 Å². The molecule has 3 N–H and O–H groups in total. The Morgan fingerprint density at radius 3 is 2.67 bits per heavy atom. The normalized spacial score (nSPS) is 11.6. The Hall–Kier alpha value is -1.48. The van der Waals surface area contributed by atoms with Crippen LogP contribution in [-0.2, 0) is 0 Å². The lowest BCUT2D eigenvalue weighted by molar-refractivity contribution is 0.474. The fraction of sp³-hybridized carbons (Fsp3) is 0.111. The van der Waals surface area contributed by atoms with E-state index in [0.717, 1.165) is 0 Å². The van der Waals surface area contributed by atoms with Gasteiger partial charge in [-0.25, -0.2) is 0 Å². The summed E-state index contributed by atoms with van der Waals surface area (Å²) < 4.78 is 0. The number of nitrogens with one attached hydrogen (secondary N) is 2. The summed E-state index contributed by atoms with van der Waals surface area (Å²) in [7, 11) is 0. The van der Waals surface area contributed by atoms with Crippen molar-refractivity contribution in [1.82, 2.24) is 11.5 Å². The summed E-state index contributed by atoms with van der Waals surface area (Å²) in [6, 6.07) is 6.77. The lowest BCUT2D eigenvalue weighted by Crippen LogP contribution is -1.91. The zero-order valence-electron chi connectivity index (χ0n) is 6.54. The molecule has 0 amide bonds. The quantitative estimate of drug-likeness (QED) is 0.699. The monoisotopic (exact) mass is 162 g/mol. The second-order valence-corrected chi connectivity index (χ2v) is 2.41. The van der Waals surface area contributed by atoms with E-state index in [4.69, 9.17) is 11.5 Å². The Morgan fingerprint density at radius 2 is 2.08 bits per heavy atom. The standard InChI is InChI=1S/C9H10N2O/c10-6-8(11)5-7-3-1-2-4-9(7)12/h1-5,10-12H,6H2. The minimum atomic E-state index is -0.0612. The van der Waals surface area contributed by atoms with Gasteiger partial charge in [-0.3, -0.25) is 5.73 Å². The van der Waals surface area contributed by atoms with Crippen LogP contribution in [0.15, 0.2) is 30.0 Å². The number of phenols is 1. The zero-order chi connectivity index (χ0) is 8.97. The molecule has 0 spiro atoms. The second-order valence-electron chi connectivity index (χ2n) is 2.41. The van der Waals surface area contributed by atoms with Crippen LogP contribution in [0.4, 0.5) is 0 Å². The van der Waals surface area contributed by atoms with Crippen molar-refractivity contribution in [2.24, 2.45) is 0 Å². The van der Waals surface area contributed by atoms with Gasteiger partial charge in [0.15, 0.2) is 0 Å². The zero-order valence-corrected chi connectivity index (χ0v) is 6.54. The largest absolute Gasteiger partial charge is 0.507 e. The molecule has 3 heteroatoms. The molecule has 0 bridgehead atoms. The minimum absolute atomic E-state index is 0.0612. The van der Waals surface area contributed by atoms with Gasteiger partial charge < -0.3 is 10.8 Å². The molecule has 0 saturated heterocycles. The number of para-hydroxylation sites is 1. The lowest BCUT2D eigenvalue weighted by Gasteiger charge is -1.98. The molecule has 0 atom stereocenters. The predicted octanol–water partition coefficient (Wildman–Crippen LogP) is 1.30. The van der Waals surface area contributed by atoms with Crippen molar-refractivity contribution in [3.05, 3.63) is 35.5 Å². The summed E-state index contributed by atoms with van der Waals surface area (Å²) in [4.78, 5) is 0. The Bertz CT molecular complexity index is 294. The predicted molar refractivity (Wildman–Crippen MR) is 47.1 cm³/mol. The van der Waals surface area contributed by atoms with E-state index >= 15 is 0 Å². The van der Waals surface area contributed by atoms with Crippen LogP contribution in [0.5, 0.6) is 5.75 Å². The van der Waals surface area contributed by atoms with E-state index in [-0.39, 0.29) is 18.0 Å². The molecule has 0 aliphatic carbocycles. The van der Waals surface area contributed by atoms with Crippen molar-refractivity contribution in [3.63, 3.8) is 0 Å². The van der Waals surface area contributed by atoms with E-state index in [1.54, 1.807) is 24.3 Å². The van der Waals surface area contributed by atoms with Crippen molar-refractivity contribution < 1.29 is 5.11 Å². The minimum Gasteiger partial charge on any atom is -0.507 e. The number of aromatic hydroxyl groups is 1. The fourth-order valence-electron chi connectivity index (χ4n) is 0.848. The van der Waals surface area contributed by atoms with Crippen molar-refractivity contribution in [2.45, 2.75) is 0 Å². The number of rotatable bonds is 2. The van der Waals surface area contributed by atoms with E-state index in [0.29, 0.717) is 5.56 Å². The highest BCUT2D eigenvalue weighted by Crippen LogP contribution is 2.17. The van der Waals surface area contributed by atoms with Crippen LogP contribution in [0.25, 0.3) is 6.08 Å². The topological polar surface area (TPSA) is 67.8 Å². The molecular weight excluding hydrogens is 152 g/mol. The van der Waals surface area contributed by atoms with Gasteiger partial charge in [0.25, 0.3) is 0 Å². The van der Waals surface area contributed by atoms with E-state index in [1.807, 2.05) is 0 Å². The first-order chi connectivity index (χ1) is 5.74. The maximum atomic E-state index is 9.27. The molecule has 1 aromatic carbocycles. The molecule has 12 heavy (non-hydrogen) atoms. The Morgan fingerprint density at radius 1 is 1.42 bits per heavy atom. The first-order valence-electron chi connectivity index (χ1n) is 3.59. The summed E-state index contributed by atoms with van der Waals surface area (Å²) in [6.45, 7) is -0.0612. The Kier molecular flexibility index (Phi) is 2.71. The van der Waals surface area contributed by atoms with Gasteiger partial charge in [-0.2, -0.15) is 0 Å². The maximum Gasteiger partial charge on any atom is 0.122 e. The third-order valence-corrected chi connectivity index (χ3v) is 1.46. The lowest BCUT2D eigenvalue weighted by atomic mass is 10.2. The number of benzene rings is 1. The van der Waals surface area contributed by atoms with Crippen LogP contribution < -0.4 is 11.5 Å². The molecule has 62 valence electrons. The second kappa shape index (κ2) is 3.78. The molecule has 0 saturated carbocycles. The van der Waals surface area contributed by atoms with Gasteiger partial charge >= 0.3 is 0 Å². The van der Waals surface area contributed by atoms with E-state index < -0.39 is 0 Å². The number of hydrogen-bond donors (Lipinski definition) is 1. The SMILES string of the molecule is [NH]CC([NH])=Cc1ccccc1O. The molecule has 1 rings (SSSR count). The van der Waals surface area contributed by atoms with Crippen molar-refractivity contribution in [2.75, 3.05) is 6.54 Å². The van der Waals surface area contributed by atoms with E-state index in [9.17, 15) is 5.11 Å². The molecule has 0 aliphatic rings. The average molecular weight is 162 g/mol. The fourth-order valence-corrected chi connectivity index (χ4v) is 0.848. The Balaban J connectivity index is 2.96. The highest BCUT2D eigenvalue weighted by atomic mass is 16.3. The van der Waals surface area contributed by atoms with Crippen LogP contribution in [-0.4, -0.2) is 11.7 Å². The summed E-state index contributed by atoms with van der Waals surface area (Å²) in [5.74, 6) is 0.149. The molecule has 0 aromatic heterocycles. The van der Waals surface area contributed by atoms with Crippen LogP contribution in [0.3, 0.4) is 0 Å². The van der Waals surface area contributed by atoms with Crippen molar-refractivity contribution >= 4 is 6.08 Å². The summed E-state index contributed by atoms with van der Waals surface area (Å²) in [6.07, 6.45) is 1.49. The highest BCUT2D eigenvalue weighted by Gasteiger charge is 1.95. The van der Waals surface area contributed by atoms with Gasteiger partial charge in [0, 0.05) is 11.3 Å². The summed E-state index contributed by atoms with van der Waals surface area (Å²) in [5.41, 5.74) is 14.9. The van der Waals surface area contributed by atoms with Gasteiger partial charge in [0.2, 0.25) is 0 Å². The third kappa shape index (κ3) is 2.00. The smallest absolute Gasteiger partial charge is 0.122 e. The first-order valence-corrected chi connectivity index (χ1v) is 3.59. The number of phenolic OH excluding ortho intramolecular Hbond substituents is 1. The van der Waals surface area contributed by atoms with Crippen LogP contribution >= 0.6 is 0 Å². The molecule has 2 radical (unpaired) electrons. The molecule has 3 nitrogen and oxygen atoms in total. The molecule has 0 aliphatic heterocycles.